The SMILES string of the molecule is Cl.O=C(O)c1nc2ccc(Cl)nn2c1Br. The fraction of sp³-hybridized carbons (Fsp3) is 0. The van der Waals surface area contributed by atoms with Crippen LogP contribution >= 0.6 is 39.9 Å². The Balaban J connectivity index is 0.00000112. The third kappa shape index (κ3) is 2.06. The first kappa shape index (κ1) is 12.2. The average Bonchev–Trinajstić information content (AvgIpc) is 2.44. The molecule has 2 heterocycles. The number of carboxylic acid groups (broad SMARTS) is 1. The molecule has 0 aliphatic rings. The number of aromatic carboxylic acids is 1. The standard InChI is InChI=1S/C7H3BrClN3O2.ClH/c8-6-5(7(13)14)10-4-2-1-3(9)11-12(4)6;/h1-2H,(H,13,14);1H. The Kier molecular flexibility index (Phi) is 3.54. The van der Waals surface area contributed by atoms with Gasteiger partial charge in [0.1, 0.15) is 9.76 Å². The minimum Gasteiger partial charge on any atom is -0.476 e. The maximum Gasteiger partial charge on any atom is 0.357 e. The topological polar surface area (TPSA) is 67.5 Å². The van der Waals surface area contributed by atoms with Crippen molar-refractivity contribution in [2.45, 2.75) is 0 Å². The van der Waals surface area contributed by atoms with Gasteiger partial charge >= 0.3 is 5.97 Å². The molecule has 0 amide bonds. The number of aromatic nitrogens is 3. The van der Waals surface area contributed by atoms with Crippen LogP contribution in [0.3, 0.4) is 0 Å². The minimum absolute atomic E-state index is 0. The number of fused-ring (bicyclic) bond motifs is 1. The predicted molar refractivity (Wildman–Crippen MR) is 59.9 cm³/mol. The van der Waals surface area contributed by atoms with Crippen molar-refractivity contribution >= 4 is 51.6 Å². The molecule has 2 rings (SSSR count). The van der Waals surface area contributed by atoms with E-state index in [1.54, 1.807) is 12.1 Å². The molecule has 0 saturated carbocycles. The summed E-state index contributed by atoms with van der Waals surface area (Å²) < 4.78 is 1.61. The smallest absolute Gasteiger partial charge is 0.357 e. The van der Waals surface area contributed by atoms with Crippen LogP contribution in [-0.2, 0) is 0 Å². The molecule has 5 nitrogen and oxygen atoms in total. The van der Waals surface area contributed by atoms with Crippen LogP contribution < -0.4 is 0 Å². The van der Waals surface area contributed by atoms with Gasteiger partial charge in [-0.1, -0.05) is 11.6 Å². The van der Waals surface area contributed by atoms with E-state index in [9.17, 15) is 4.79 Å². The van der Waals surface area contributed by atoms with Gasteiger partial charge in [0, 0.05) is 0 Å². The normalized spacial score (nSPS) is 10.0. The number of carboxylic acids is 1. The number of hydrogen-bond donors (Lipinski definition) is 1. The first-order valence-electron chi connectivity index (χ1n) is 3.53. The molecular weight excluding hydrogens is 309 g/mol. The summed E-state index contributed by atoms with van der Waals surface area (Å²) >= 11 is 8.74. The molecule has 2 aromatic heterocycles. The van der Waals surface area contributed by atoms with Crippen LogP contribution in [0.25, 0.3) is 5.65 Å². The molecule has 0 fully saturated rings. The zero-order valence-corrected chi connectivity index (χ0v) is 10.2. The van der Waals surface area contributed by atoms with Crippen molar-refractivity contribution in [3.63, 3.8) is 0 Å². The average molecular weight is 313 g/mol. The molecule has 1 N–H and O–H groups in total. The van der Waals surface area contributed by atoms with E-state index >= 15 is 0 Å². The van der Waals surface area contributed by atoms with Gasteiger partial charge in [-0.05, 0) is 28.1 Å². The third-order valence-electron chi connectivity index (χ3n) is 1.59. The van der Waals surface area contributed by atoms with Gasteiger partial charge in [-0.25, -0.2) is 14.3 Å². The molecule has 8 heteroatoms. The second-order valence-corrected chi connectivity index (χ2v) is 3.62. The Bertz CT molecular complexity index is 528. The number of halogens is 3. The van der Waals surface area contributed by atoms with Crippen molar-refractivity contribution in [2.24, 2.45) is 0 Å². The maximum absolute atomic E-state index is 10.7. The highest BCUT2D eigenvalue weighted by atomic mass is 79.9. The fourth-order valence-electron chi connectivity index (χ4n) is 1.02. The summed E-state index contributed by atoms with van der Waals surface area (Å²) in [6.07, 6.45) is 0. The predicted octanol–water partition coefficient (Wildman–Crippen LogP) is 2.27. The van der Waals surface area contributed by atoms with Gasteiger partial charge < -0.3 is 5.11 Å². The highest BCUT2D eigenvalue weighted by Crippen LogP contribution is 2.18. The summed E-state index contributed by atoms with van der Waals surface area (Å²) in [5.41, 5.74) is 0.346. The van der Waals surface area contributed by atoms with Gasteiger partial charge in [-0.3, -0.25) is 0 Å². The number of imidazole rings is 1. The quantitative estimate of drug-likeness (QED) is 0.877. The van der Waals surface area contributed by atoms with Crippen LogP contribution in [0.15, 0.2) is 16.7 Å². The molecule has 0 aliphatic heterocycles. The van der Waals surface area contributed by atoms with E-state index in [2.05, 4.69) is 26.0 Å². The molecule has 0 aliphatic carbocycles. The molecule has 0 bridgehead atoms. The zero-order valence-electron chi connectivity index (χ0n) is 7.02. The number of rotatable bonds is 1. The Hall–Kier alpha value is -0.850. The monoisotopic (exact) mass is 311 g/mol. The Morgan fingerprint density at radius 1 is 1.53 bits per heavy atom. The van der Waals surface area contributed by atoms with Crippen LogP contribution in [0.5, 0.6) is 0 Å². The number of nitrogens with zero attached hydrogens (tertiary/aromatic N) is 3. The summed E-state index contributed by atoms with van der Waals surface area (Å²) in [5.74, 6) is -1.11. The summed E-state index contributed by atoms with van der Waals surface area (Å²) in [7, 11) is 0. The number of carbonyl (C=O) groups is 1. The molecule has 15 heavy (non-hydrogen) atoms. The maximum atomic E-state index is 10.7. The van der Waals surface area contributed by atoms with Crippen molar-refractivity contribution in [1.29, 1.82) is 0 Å². The van der Waals surface area contributed by atoms with Gasteiger partial charge in [0.25, 0.3) is 0 Å². The van der Waals surface area contributed by atoms with Gasteiger partial charge in [0.05, 0.1) is 0 Å². The van der Waals surface area contributed by atoms with E-state index < -0.39 is 5.97 Å². The van der Waals surface area contributed by atoms with E-state index in [1.165, 1.54) is 4.52 Å². The molecule has 0 unspecified atom stereocenters. The Morgan fingerprint density at radius 3 is 2.80 bits per heavy atom. The summed E-state index contributed by atoms with van der Waals surface area (Å²) in [5, 5.41) is 12.9. The molecule has 0 atom stereocenters. The molecular formula is C7H4BrCl2N3O2. The van der Waals surface area contributed by atoms with E-state index in [4.69, 9.17) is 16.7 Å². The van der Waals surface area contributed by atoms with Crippen molar-refractivity contribution < 1.29 is 9.90 Å². The van der Waals surface area contributed by atoms with Gasteiger partial charge in [-0.2, -0.15) is 5.10 Å². The second kappa shape index (κ2) is 4.34. The third-order valence-corrected chi connectivity index (χ3v) is 2.51. The van der Waals surface area contributed by atoms with E-state index in [0.717, 1.165) is 0 Å². The van der Waals surface area contributed by atoms with E-state index in [-0.39, 0.29) is 27.9 Å². The Morgan fingerprint density at radius 2 is 2.20 bits per heavy atom. The lowest BCUT2D eigenvalue weighted by Gasteiger charge is -1.93. The van der Waals surface area contributed by atoms with Gasteiger partial charge in [0.15, 0.2) is 11.3 Å². The molecule has 80 valence electrons. The highest BCUT2D eigenvalue weighted by Gasteiger charge is 2.16. The lowest BCUT2D eigenvalue weighted by atomic mass is 10.5. The van der Waals surface area contributed by atoms with Crippen LogP contribution in [0.2, 0.25) is 5.15 Å². The van der Waals surface area contributed by atoms with E-state index in [1.807, 2.05) is 0 Å². The first-order chi connectivity index (χ1) is 6.59. The summed E-state index contributed by atoms with van der Waals surface area (Å²) in [6, 6.07) is 3.13. The zero-order chi connectivity index (χ0) is 10.3. The second-order valence-electron chi connectivity index (χ2n) is 2.48. The molecule has 0 saturated heterocycles. The molecule has 0 spiro atoms. The largest absolute Gasteiger partial charge is 0.476 e. The van der Waals surface area contributed by atoms with Crippen molar-refractivity contribution in [3.05, 3.63) is 27.6 Å². The van der Waals surface area contributed by atoms with Crippen molar-refractivity contribution in [1.82, 2.24) is 14.6 Å². The minimum atomic E-state index is -1.11. The summed E-state index contributed by atoms with van der Waals surface area (Å²) in [6.45, 7) is 0. The van der Waals surface area contributed by atoms with E-state index in [0.29, 0.717) is 5.65 Å². The van der Waals surface area contributed by atoms with Crippen LogP contribution in [0.4, 0.5) is 0 Å². The van der Waals surface area contributed by atoms with Crippen molar-refractivity contribution in [2.75, 3.05) is 0 Å². The molecule has 0 aromatic carbocycles. The summed E-state index contributed by atoms with van der Waals surface area (Å²) in [4.78, 5) is 14.6. The van der Waals surface area contributed by atoms with Crippen molar-refractivity contribution in [3.8, 4) is 0 Å². The lowest BCUT2D eigenvalue weighted by molar-refractivity contribution is 0.0690. The lowest BCUT2D eigenvalue weighted by Crippen LogP contribution is -1.97. The van der Waals surface area contributed by atoms with Gasteiger partial charge in [0.2, 0.25) is 0 Å². The highest BCUT2D eigenvalue weighted by molar-refractivity contribution is 9.10. The Labute approximate surface area is 104 Å². The number of hydrogen-bond acceptors (Lipinski definition) is 3. The van der Waals surface area contributed by atoms with Crippen LogP contribution in [0.1, 0.15) is 10.5 Å². The fourth-order valence-corrected chi connectivity index (χ4v) is 1.68. The van der Waals surface area contributed by atoms with Crippen LogP contribution in [-0.4, -0.2) is 25.7 Å². The van der Waals surface area contributed by atoms with Gasteiger partial charge in [-0.15, -0.1) is 12.4 Å². The van der Waals surface area contributed by atoms with Crippen LogP contribution in [0, 0.1) is 0 Å². The first-order valence-corrected chi connectivity index (χ1v) is 4.71. The molecule has 2 aromatic rings. The molecule has 0 radical (unpaired) electrons.